The van der Waals surface area contributed by atoms with Crippen molar-refractivity contribution in [2.24, 2.45) is 0 Å². The number of thiazole rings is 1. The largest absolute Gasteiger partial charge is 0.495 e. The van der Waals surface area contributed by atoms with Crippen LogP contribution in [0, 0.1) is 6.92 Å². The van der Waals surface area contributed by atoms with E-state index in [-0.39, 0.29) is 11.8 Å². The zero-order valence-electron chi connectivity index (χ0n) is 14.8. The SMILES string of the molecule is COc1ccc(NC(=O)c2sc(-c3ccc(Cl)s3)nc2C)cc1NC(C)=O. The van der Waals surface area contributed by atoms with Crippen LogP contribution in [0.25, 0.3) is 9.88 Å². The molecule has 0 atom stereocenters. The molecule has 3 rings (SSSR count). The molecule has 2 N–H and O–H groups in total. The number of anilines is 2. The summed E-state index contributed by atoms with van der Waals surface area (Å²) in [6.07, 6.45) is 0. The first-order chi connectivity index (χ1) is 12.9. The van der Waals surface area contributed by atoms with Crippen LogP contribution in [-0.4, -0.2) is 23.9 Å². The molecular formula is C18H16ClN3O3S2. The lowest BCUT2D eigenvalue weighted by Gasteiger charge is -2.11. The van der Waals surface area contributed by atoms with E-state index < -0.39 is 0 Å². The quantitative estimate of drug-likeness (QED) is 0.603. The van der Waals surface area contributed by atoms with Gasteiger partial charge in [-0.05, 0) is 37.3 Å². The van der Waals surface area contributed by atoms with Crippen LogP contribution in [0.3, 0.4) is 0 Å². The Labute approximate surface area is 169 Å². The highest BCUT2D eigenvalue weighted by Gasteiger charge is 2.18. The predicted octanol–water partition coefficient (Wildman–Crippen LogP) is 5.05. The summed E-state index contributed by atoms with van der Waals surface area (Å²) in [6, 6.07) is 8.72. The normalized spacial score (nSPS) is 10.5. The third-order valence-electron chi connectivity index (χ3n) is 3.55. The monoisotopic (exact) mass is 421 g/mol. The Morgan fingerprint density at radius 1 is 1.15 bits per heavy atom. The number of hydrogen-bond donors (Lipinski definition) is 2. The molecule has 0 aliphatic carbocycles. The van der Waals surface area contributed by atoms with Crippen LogP contribution in [-0.2, 0) is 4.79 Å². The Morgan fingerprint density at radius 2 is 1.93 bits per heavy atom. The zero-order chi connectivity index (χ0) is 19.6. The standard InChI is InChI=1S/C18H16ClN3O3S2/c1-9-16(27-18(20-9)14-6-7-15(19)26-14)17(24)22-11-4-5-13(25-3)12(8-11)21-10(2)23/h4-8H,1-3H3,(H,21,23)(H,22,24). The number of amides is 2. The molecule has 6 nitrogen and oxygen atoms in total. The van der Waals surface area contributed by atoms with Crippen LogP contribution in [0.15, 0.2) is 30.3 Å². The average Bonchev–Trinajstić information content (AvgIpc) is 3.20. The maximum atomic E-state index is 12.7. The second-order valence-corrected chi connectivity index (χ2v) is 8.30. The van der Waals surface area contributed by atoms with Gasteiger partial charge in [-0.3, -0.25) is 9.59 Å². The number of carbonyl (C=O) groups excluding carboxylic acids is 2. The molecule has 3 aromatic rings. The molecule has 0 spiro atoms. The van der Waals surface area contributed by atoms with Crippen LogP contribution in [0.2, 0.25) is 4.34 Å². The second-order valence-electron chi connectivity index (χ2n) is 5.59. The molecule has 0 aliphatic heterocycles. The van der Waals surface area contributed by atoms with Crippen molar-refractivity contribution in [3.63, 3.8) is 0 Å². The number of rotatable bonds is 5. The van der Waals surface area contributed by atoms with Gasteiger partial charge in [0.1, 0.15) is 15.6 Å². The smallest absolute Gasteiger partial charge is 0.267 e. The molecule has 0 fully saturated rings. The van der Waals surface area contributed by atoms with Gasteiger partial charge in [0.25, 0.3) is 5.91 Å². The Morgan fingerprint density at radius 3 is 2.56 bits per heavy atom. The second kappa shape index (κ2) is 8.08. The van der Waals surface area contributed by atoms with E-state index >= 15 is 0 Å². The first-order valence-corrected chi connectivity index (χ1v) is 9.88. The Kier molecular flexibility index (Phi) is 5.79. The summed E-state index contributed by atoms with van der Waals surface area (Å²) >= 11 is 8.71. The van der Waals surface area contributed by atoms with Gasteiger partial charge >= 0.3 is 0 Å². The minimum Gasteiger partial charge on any atom is -0.495 e. The van der Waals surface area contributed by atoms with Gasteiger partial charge in [0.2, 0.25) is 5.91 Å². The number of thiophene rings is 1. The Hall–Kier alpha value is -2.42. The predicted molar refractivity (Wildman–Crippen MR) is 110 cm³/mol. The van der Waals surface area contributed by atoms with E-state index in [2.05, 4.69) is 15.6 Å². The number of carbonyl (C=O) groups is 2. The number of ether oxygens (including phenoxy) is 1. The maximum Gasteiger partial charge on any atom is 0.267 e. The first kappa shape index (κ1) is 19.3. The number of benzene rings is 1. The maximum absolute atomic E-state index is 12.7. The van der Waals surface area contributed by atoms with E-state index in [9.17, 15) is 9.59 Å². The van der Waals surface area contributed by atoms with Gasteiger partial charge in [-0.15, -0.1) is 22.7 Å². The highest BCUT2D eigenvalue weighted by Crippen LogP contribution is 2.35. The first-order valence-electron chi connectivity index (χ1n) is 7.87. The minimum atomic E-state index is -0.266. The van der Waals surface area contributed by atoms with E-state index in [0.29, 0.717) is 32.0 Å². The summed E-state index contributed by atoms with van der Waals surface area (Å²) in [5.41, 5.74) is 1.67. The van der Waals surface area contributed by atoms with E-state index in [4.69, 9.17) is 16.3 Å². The van der Waals surface area contributed by atoms with Crippen molar-refractivity contribution in [1.29, 1.82) is 0 Å². The number of methoxy groups -OCH3 is 1. The van der Waals surface area contributed by atoms with E-state index in [0.717, 1.165) is 9.88 Å². The molecule has 9 heteroatoms. The molecular weight excluding hydrogens is 406 g/mol. The number of hydrogen-bond acceptors (Lipinski definition) is 6. The van der Waals surface area contributed by atoms with E-state index in [1.165, 1.54) is 36.7 Å². The number of aromatic nitrogens is 1. The molecule has 0 aliphatic rings. The molecule has 0 saturated heterocycles. The number of nitrogens with one attached hydrogen (secondary N) is 2. The summed E-state index contributed by atoms with van der Waals surface area (Å²) in [5.74, 6) is 0.0150. The third kappa shape index (κ3) is 4.47. The molecule has 27 heavy (non-hydrogen) atoms. The summed E-state index contributed by atoms with van der Waals surface area (Å²) in [5, 5.41) is 6.27. The number of aryl methyl sites for hydroxylation is 1. The minimum absolute atomic E-state index is 0.227. The van der Waals surface area contributed by atoms with Crippen LogP contribution >= 0.6 is 34.3 Å². The van der Waals surface area contributed by atoms with Crippen molar-refractivity contribution >= 4 is 57.5 Å². The van der Waals surface area contributed by atoms with Gasteiger partial charge in [0, 0.05) is 12.6 Å². The zero-order valence-corrected chi connectivity index (χ0v) is 17.1. The van der Waals surface area contributed by atoms with Crippen molar-refractivity contribution in [1.82, 2.24) is 4.98 Å². The van der Waals surface area contributed by atoms with Gasteiger partial charge in [-0.2, -0.15) is 0 Å². The molecule has 1 aromatic carbocycles. The molecule has 2 amide bonds. The number of nitrogens with zero attached hydrogens (tertiary/aromatic N) is 1. The van der Waals surface area contributed by atoms with Gasteiger partial charge in [-0.1, -0.05) is 11.6 Å². The highest BCUT2D eigenvalue weighted by molar-refractivity contribution is 7.24. The topological polar surface area (TPSA) is 80.3 Å². The molecule has 2 aromatic heterocycles. The molecule has 140 valence electrons. The van der Waals surface area contributed by atoms with Crippen molar-refractivity contribution < 1.29 is 14.3 Å². The number of halogens is 1. The lowest BCUT2D eigenvalue weighted by Crippen LogP contribution is -2.13. The molecule has 0 radical (unpaired) electrons. The molecule has 0 saturated carbocycles. The van der Waals surface area contributed by atoms with Crippen molar-refractivity contribution in [2.45, 2.75) is 13.8 Å². The Bertz CT molecular complexity index is 1010. The lowest BCUT2D eigenvalue weighted by atomic mass is 10.2. The van der Waals surface area contributed by atoms with Gasteiger partial charge in [0.15, 0.2) is 0 Å². The van der Waals surface area contributed by atoms with Crippen LogP contribution in [0.4, 0.5) is 11.4 Å². The van der Waals surface area contributed by atoms with Crippen molar-refractivity contribution in [3.05, 3.63) is 45.2 Å². The molecule has 2 heterocycles. The molecule has 0 unspecified atom stereocenters. The summed E-state index contributed by atoms with van der Waals surface area (Å²) in [6.45, 7) is 3.20. The lowest BCUT2D eigenvalue weighted by molar-refractivity contribution is -0.114. The highest BCUT2D eigenvalue weighted by atomic mass is 35.5. The summed E-state index contributed by atoms with van der Waals surface area (Å²) in [7, 11) is 1.51. The Balaban J connectivity index is 1.83. The summed E-state index contributed by atoms with van der Waals surface area (Å²) in [4.78, 5) is 30.0. The van der Waals surface area contributed by atoms with Gasteiger partial charge in [0.05, 0.1) is 27.7 Å². The van der Waals surface area contributed by atoms with Crippen LogP contribution in [0.1, 0.15) is 22.3 Å². The van der Waals surface area contributed by atoms with Crippen LogP contribution in [0.5, 0.6) is 5.75 Å². The van der Waals surface area contributed by atoms with Crippen LogP contribution < -0.4 is 15.4 Å². The average molecular weight is 422 g/mol. The van der Waals surface area contributed by atoms with Crippen molar-refractivity contribution in [3.8, 4) is 15.6 Å². The third-order valence-corrected chi connectivity index (χ3v) is 6.11. The van der Waals surface area contributed by atoms with Gasteiger partial charge in [-0.25, -0.2) is 4.98 Å². The van der Waals surface area contributed by atoms with E-state index in [1.807, 2.05) is 6.07 Å². The van der Waals surface area contributed by atoms with Crippen molar-refractivity contribution in [2.75, 3.05) is 17.7 Å². The van der Waals surface area contributed by atoms with E-state index in [1.54, 1.807) is 31.2 Å². The fourth-order valence-corrected chi connectivity index (χ4v) is 4.46. The fourth-order valence-electron chi connectivity index (χ4n) is 2.40. The summed E-state index contributed by atoms with van der Waals surface area (Å²) < 4.78 is 5.89. The van der Waals surface area contributed by atoms with Gasteiger partial charge < -0.3 is 15.4 Å². The molecule has 0 bridgehead atoms. The fraction of sp³-hybridized carbons (Fsp3) is 0.167.